The van der Waals surface area contributed by atoms with Crippen LogP contribution in [0.4, 0.5) is 0 Å². The molecule has 0 aliphatic rings. The number of ketones is 1. The number of pyridine rings is 1. The van der Waals surface area contributed by atoms with Crippen LogP contribution >= 0.6 is 0 Å². The highest BCUT2D eigenvalue weighted by atomic mass is 16.5. The zero-order chi connectivity index (χ0) is 22.8. The minimum atomic E-state index is -0.132. The van der Waals surface area contributed by atoms with Crippen molar-refractivity contribution in [2.24, 2.45) is 0 Å². The van der Waals surface area contributed by atoms with Gasteiger partial charge in [0.1, 0.15) is 18.1 Å². The smallest absolute Gasteiger partial charge is 0.220 e. The Balaban J connectivity index is 1.40. The summed E-state index contributed by atoms with van der Waals surface area (Å²) in [5, 5.41) is 2.99. The Labute approximate surface area is 188 Å². The van der Waals surface area contributed by atoms with E-state index >= 15 is 0 Å². The fourth-order valence-corrected chi connectivity index (χ4v) is 3.23. The molecule has 3 aromatic rings. The van der Waals surface area contributed by atoms with Gasteiger partial charge in [-0.15, -0.1) is 0 Å². The number of ether oxygens (including phenoxy) is 2. The Morgan fingerprint density at radius 2 is 1.69 bits per heavy atom. The predicted octanol–water partition coefficient (Wildman–Crippen LogP) is 4.90. The van der Waals surface area contributed by atoms with Crippen molar-refractivity contribution < 1.29 is 19.1 Å². The highest BCUT2D eigenvalue weighted by Crippen LogP contribution is 2.19. The fourth-order valence-electron chi connectivity index (χ4n) is 3.23. The van der Waals surface area contributed by atoms with E-state index in [-0.39, 0.29) is 17.7 Å². The first-order chi connectivity index (χ1) is 15.5. The van der Waals surface area contributed by atoms with Gasteiger partial charge in [-0.2, -0.15) is 0 Å². The first-order valence-electron chi connectivity index (χ1n) is 10.6. The van der Waals surface area contributed by atoms with Crippen molar-refractivity contribution in [1.29, 1.82) is 0 Å². The minimum Gasteiger partial charge on any atom is -0.497 e. The minimum absolute atomic E-state index is 0.0235. The Bertz CT molecular complexity index is 1000. The number of hydrogen-bond donors (Lipinski definition) is 1. The van der Waals surface area contributed by atoms with Crippen molar-refractivity contribution in [1.82, 2.24) is 10.3 Å². The maximum Gasteiger partial charge on any atom is 0.220 e. The third-order valence-corrected chi connectivity index (χ3v) is 5.11. The lowest BCUT2D eigenvalue weighted by atomic mass is 10.0. The molecule has 1 amide bonds. The van der Waals surface area contributed by atoms with Crippen LogP contribution in [0.1, 0.15) is 53.7 Å². The number of hydrogen-bond acceptors (Lipinski definition) is 5. The van der Waals surface area contributed by atoms with E-state index in [1.807, 2.05) is 43.3 Å². The Morgan fingerprint density at radius 3 is 2.34 bits per heavy atom. The van der Waals surface area contributed by atoms with E-state index in [4.69, 9.17) is 9.47 Å². The lowest BCUT2D eigenvalue weighted by Gasteiger charge is -2.15. The zero-order valence-electron chi connectivity index (χ0n) is 18.4. The molecule has 1 heterocycles. The first-order valence-corrected chi connectivity index (χ1v) is 10.6. The van der Waals surface area contributed by atoms with E-state index in [2.05, 4.69) is 10.3 Å². The Morgan fingerprint density at radius 1 is 0.969 bits per heavy atom. The van der Waals surface area contributed by atoms with Gasteiger partial charge in [-0.1, -0.05) is 18.2 Å². The van der Waals surface area contributed by atoms with E-state index in [0.29, 0.717) is 37.2 Å². The average Bonchev–Trinajstić information content (AvgIpc) is 2.83. The van der Waals surface area contributed by atoms with Crippen molar-refractivity contribution in [3.05, 3.63) is 89.7 Å². The highest BCUT2D eigenvalue weighted by molar-refractivity contribution is 5.96. The van der Waals surface area contributed by atoms with Gasteiger partial charge in [0.25, 0.3) is 0 Å². The second kappa shape index (κ2) is 11.6. The number of nitrogens with one attached hydrogen (secondary N) is 1. The molecular formula is C26H28N2O4. The standard InChI is InChI=1S/C26H28N2O4/c1-19(21-8-14-24(15-9-21)32-18-20-5-4-16-27-17-20)28-26(30)7-3-6-25(29)22-10-12-23(31-2)13-11-22/h4-5,8-17,19H,3,6-7,18H2,1-2H3,(H,28,30). The number of carbonyl (C=O) groups excluding carboxylic acids is 2. The number of nitrogens with zero attached hydrogens (tertiary/aromatic N) is 1. The van der Waals surface area contributed by atoms with Crippen LogP contribution in [0.2, 0.25) is 0 Å². The van der Waals surface area contributed by atoms with Crippen LogP contribution < -0.4 is 14.8 Å². The van der Waals surface area contributed by atoms with Crippen LogP contribution in [0.15, 0.2) is 73.1 Å². The SMILES string of the molecule is COc1ccc(C(=O)CCCC(=O)NC(C)c2ccc(OCc3cccnc3)cc2)cc1. The van der Waals surface area contributed by atoms with E-state index in [9.17, 15) is 9.59 Å². The molecule has 0 radical (unpaired) electrons. The molecule has 3 rings (SSSR count). The molecule has 0 saturated heterocycles. The van der Waals surface area contributed by atoms with Gasteiger partial charge in [0, 0.05) is 36.4 Å². The van der Waals surface area contributed by atoms with Gasteiger partial charge in [0.2, 0.25) is 5.91 Å². The van der Waals surface area contributed by atoms with E-state index in [1.54, 1.807) is 43.8 Å². The number of methoxy groups -OCH3 is 1. The third kappa shape index (κ3) is 6.94. The zero-order valence-corrected chi connectivity index (χ0v) is 18.4. The van der Waals surface area contributed by atoms with Gasteiger partial charge in [-0.25, -0.2) is 0 Å². The number of Topliss-reactive ketones (excluding diaryl/α,β-unsaturated/α-hetero) is 1. The molecule has 1 atom stereocenters. The largest absolute Gasteiger partial charge is 0.497 e. The molecule has 6 heteroatoms. The molecule has 1 aromatic heterocycles. The van der Waals surface area contributed by atoms with Crippen LogP contribution in [0.25, 0.3) is 0 Å². The topological polar surface area (TPSA) is 77.5 Å². The average molecular weight is 433 g/mol. The van der Waals surface area contributed by atoms with Crippen LogP contribution in [0, 0.1) is 0 Å². The second-order valence-corrected chi connectivity index (χ2v) is 7.51. The monoisotopic (exact) mass is 432 g/mol. The van der Waals surface area contributed by atoms with Crippen molar-refractivity contribution in [2.45, 2.75) is 38.8 Å². The van der Waals surface area contributed by atoms with Crippen LogP contribution in [-0.2, 0) is 11.4 Å². The van der Waals surface area contributed by atoms with E-state index in [0.717, 1.165) is 16.9 Å². The molecular weight excluding hydrogens is 404 g/mol. The molecule has 1 unspecified atom stereocenters. The van der Waals surface area contributed by atoms with Gasteiger partial charge in [-0.05, 0) is 61.4 Å². The Hall–Kier alpha value is -3.67. The summed E-state index contributed by atoms with van der Waals surface area (Å²) in [7, 11) is 1.59. The fraction of sp³-hybridized carbons (Fsp3) is 0.269. The summed E-state index contributed by atoms with van der Waals surface area (Å²) in [4.78, 5) is 28.6. The van der Waals surface area contributed by atoms with Gasteiger partial charge in [-0.3, -0.25) is 14.6 Å². The molecule has 6 nitrogen and oxygen atoms in total. The molecule has 0 saturated carbocycles. The molecule has 0 fully saturated rings. The van der Waals surface area contributed by atoms with Crippen LogP contribution in [0.5, 0.6) is 11.5 Å². The van der Waals surface area contributed by atoms with Gasteiger partial charge < -0.3 is 14.8 Å². The summed E-state index contributed by atoms with van der Waals surface area (Å²) < 4.78 is 10.9. The number of rotatable bonds is 11. The maximum atomic E-state index is 12.3. The number of amides is 1. The van der Waals surface area contributed by atoms with E-state index in [1.165, 1.54) is 0 Å². The number of aromatic nitrogens is 1. The van der Waals surface area contributed by atoms with Gasteiger partial charge in [0.15, 0.2) is 5.78 Å². The Kier molecular flexibility index (Phi) is 8.37. The predicted molar refractivity (Wildman–Crippen MR) is 123 cm³/mol. The summed E-state index contributed by atoms with van der Waals surface area (Å²) in [5.41, 5.74) is 2.62. The summed E-state index contributed by atoms with van der Waals surface area (Å²) in [6.07, 6.45) is 4.64. The summed E-state index contributed by atoms with van der Waals surface area (Å²) in [5.74, 6) is 1.42. The van der Waals surface area contributed by atoms with Gasteiger partial charge in [0.05, 0.1) is 13.2 Å². The summed E-state index contributed by atoms with van der Waals surface area (Å²) >= 11 is 0. The molecule has 32 heavy (non-hydrogen) atoms. The summed E-state index contributed by atoms with van der Waals surface area (Å²) in [6.45, 7) is 2.39. The second-order valence-electron chi connectivity index (χ2n) is 7.51. The molecule has 0 bridgehead atoms. The quantitative estimate of drug-likeness (QED) is 0.436. The molecule has 0 spiro atoms. The summed E-state index contributed by atoms with van der Waals surface area (Å²) in [6, 6.07) is 18.4. The molecule has 0 aliphatic heterocycles. The highest BCUT2D eigenvalue weighted by Gasteiger charge is 2.12. The van der Waals surface area contributed by atoms with E-state index < -0.39 is 0 Å². The number of carbonyl (C=O) groups is 2. The molecule has 0 aliphatic carbocycles. The van der Waals surface area contributed by atoms with Crippen LogP contribution in [-0.4, -0.2) is 23.8 Å². The normalized spacial score (nSPS) is 11.4. The first kappa shape index (κ1) is 23.0. The van der Waals surface area contributed by atoms with Crippen molar-refractivity contribution in [3.8, 4) is 11.5 Å². The van der Waals surface area contributed by atoms with Crippen LogP contribution in [0.3, 0.4) is 0 Å². The molecule has 1 N–H and O–H groups in total. The third-order valence-electron chi connectivity index (χ3n) is 5.11. The van der Waals surface area contributed by atoms with Gasteiger partial charge >= 0.3 is 0 Å². The molecule has 2 aromatic carbocycles. The maximum absolute atomic E-state index is 12.3. The van der Waals surface area contributed by atoms with Crippen molar-refractivity contribution >= 4 is 11.7 Å². The lowest BCUT2D eigenvalue weighted by Crippen LogP contribution is -2.26. The van der Waals surface area contributed by atoms with Crippen molar-refractivity contribution in [2.75, 3.05) is 7.11 Å². The molecule has 166 valence electrons. The number of benzene rings is 2. The van der Waals surface area contributed by atoms with Crippen molar-refractivity contribution in [3.63, 3.8) is 0 Å². The lowest BCUT2D eigenvalue weighted by molar-refractivity contribution is -0.121.